The van der Waals surface area contributed by atoms with E-state index in [9.17, 15) is 0 Å². The largest absolute Gasteiger partial charge is 0.340 e. The van der Waals surface area contributed by atoms with Gasteiger partial charge in [-0.3, -0.25) is 0 Å². The molecule has 0 aliphatic heterocycles. The number of nitrogens with one attached hydrogen (secondary N) is 1. The van der Waals surface area contributed by atoms with Crippen LogP contribution in [0.5, 0.6) is 0 Å². The molecule has 1 heterocycles. The fourth-order valence-corrected chi connectivity index (χ4v) is 2.71. The van der Waals surface area contributed by atoms with E-state index in [0.717, 1.165) is 43.7 Å². The number of nitrogens with two attached hydrogens (primary N) is 1. The Morgan fingerprint density at radius 3 is 3.05 bits per heavy atom. The molecule has 0 saturated carbocycles. The van der Waals surface area contributed by atoms with Crippen molar-refractivity contribution in [2.45, 2.75) is 32.1 Å². The second-order valence-electron chi connectivity index (χ2n) is 5.22. The van der Waals surface area contributed by atoms with Crippen LogP contribution in [0.15, 0.2) is 30.6 Å². The first kappa shape index (κ1) is 13.1. The summed E-state index contributed by atoms with van der Waals surface area (Å²) in [6.07, 6.45) is 7.03. The van der Waals surface area contributed by atoms with E-state index in [2.05, 4.69) is 39.6 Å². The lowest BCUT2D eigenvalue weighted by Crippen LogP contribution is -2.02. The zero-order valence-corrected chi connectivity index (χ0v) is 11.6. The number of nitrogens with zero attached hydrogens (tertiary/aromatic N) is 2. The lowest BCUT2D eigenvalue weighted by Gasteiger charge is -2.10. The molecule has 3 rings (SSSR count). The van der Waals surface area contributed by atoms with Gasteiger partial charge in [0.1, 0.15) is 12.1 Å². The molecule has 0 unspecified atom stereocenters. The Kier molecular flexibility index (Phi) is 3.92. The first-order valence-corrected chi connectivity index (χ1v) is 7.25. The van der Waals surface area contributed by atoms with E-state index in [4.69, 9.17) is 5.73 Å². The van der Waals surface area contributed by atoms with Crippen molar-refractivity contribution >= 4 is 11.5 Å². The molecule has 1 aromatic heterocycles. The molecule has 4 heteroatoms. The van der Waals surface area contributed by atoms with Crippen LogP contribution in [0.1, 0.15) is 29.7 Å². The molecule has 0 spiro atoms. The molecular formula is C16H20N4. The highest BCUT2D eigenvalue weighted by Crippen LogP contribution is 2.27. The topological polar surface area (TPSA) is 63.8 Å². The maximum Gasteiger partial charge on any atom is 0.137 e. The van der Waals surface area contributed by atoms with Crippen LogP contribution in [0.2, 0.25) is 0 Å². The number of aromatic nitrogens is 2. The molecule has 2 aromatic rings. The zero-order chi connectivity index (χ0) is 13.8. The van der Waals surface area contributed by atoms with Crippen molar-refractivity contribution in [1.82, 2.24) is 9.97 Å². The number of fused-ring (bicyclic) bond motifs is 1. The molecule has 104 valence electrons. The van der Waals surface area contributed by atoms with E-state index in [-0.39, 0.29) is 0 Å². The minimum atomic E-state index is 0.733. The third-order valence-corrected chi connectivity index (χ3v) is 3.73. The summed E-state index contributed by atoms with van der Waals surface area (Å²) in [7, 11) is 0. The summed E-state index contributed by atoms with van der Waals surface area (Å²) < 4.78 is 0. The third-order valence-electron chi connectivity index (χ3n) is 3.73. The van der Waals surface area contributed by atoms with Gasteiger partial charge in [0.05, 0.1) is 0 Å². The van der Waals surface area contributed by atoms with Gasteiger partial charge >= 0.3 is 0 Å². The summed E-state index contributed by atoms with van der Waals surface area (Å²) in [5, 5.41) is 3.44. The molecule has 0 bridgehead atoms. The zero-order valence-electron chi connectivity index (χ0n) is 11.6. The molecule has 0 fully saturated rings. The molecule has 1 aliphatic carbocycles. The van der Waals surface area contributed by atoms with Gasteiger partial charge in [-0.2, -0.15) is 0 Å². The van der Waals surface area contributed by atoms with Crippen molar-refractivity contribution in [2.75, 3.05) is 11.9 Å². The minimum absolute atomic E-state index is 0.733. The van der Waals surface area contributed by atoms with Gasteiger partial charge in [0, 0.05) is 16.9 Å². The average Bonchev–Trinajstić information content (AvgIpc) is 2.95. The Bertz CT molecular complexity index is 595. The number of rotatable bonds is 5. The van der Waals surface area contributed by atoms with Crippen LogP contribution in [0.4, 0.5) is 11.5 Å². The molecule has 3 N–H and O–H groups in total. The van der Waals surface area contributed by atoms with Gasteiger partial charge in [-0.25, -0.2) is 9.97 Å². The standard InChI is InChI=1S/C16H20N4/c17-9-3-5-12-4-1-6-13(10-12)20-16-14-7-2-8-15(14)18-11-19-16/h1,4,6,10-11H,2-3,5,7-9,17H2,(H,18,19,20). The van der Waals surface area contributed by atoms with Crippen molar-refractivity contribution in [2.24, 2.45) is 5.73 Å². The molecule has 20 heavy (non-hydrogen) atoms. The lowest BCUT2D eigenvalue weighted by molar-refractivity contribution is 0.833. The van der Waals surface area contributed by atoms with Gasteiger partial charge in [0.15, 0.2) is 0 Å². The average molecular weight is 268 g/mol. The smallest absolute Gasteiger partial charge is 0.137 e. The molecular weight excluding hydrogens is 248 g/mol. The number of aryl methyl sites for hydroxylation is 2. The van der Waals surface area contributed by atoms with Gasteiger partial charge in [0.25, 0.3) is 0 Å². The Morgan fingerprint density at radius 2 is 2.15 bits per heavy atom. The summed E-state index contributed by atoms with van der Waals surface area (Å²) in [6.45, 7) is 0.733. The van der Waals surface area contributed by atoms with Crippen LogP contribution in [-0.4, -0.2) is 16.5 Å². The second kappa shape index (κ2) is 6.01. The quantitative estimate of drug-likeness (QED) is 0.875. The molecule has 4 nitrogen and oxygen atoms in total. The maximum absolute atomic E-state index is 5.57. The molecule has 0 radical (unpaired) electrons. The molecule has 0 atom stereocenters. The van der Waals surface area contributed by atoms with Crippen molar-refractivity contribution < 1.29 is 0 Å². The highest BCUT2D eigenvalue weighted by atomic mass is 15.0. The number of anilines is 2. The molecule has 0 saturated heterocycles. The van der Waals surface area contributed by atoms with E-state index < -0.39 is 0 Å². The van der Waals surface area contributed by atoms with Crippen molar-refractivity contribution in [3.05, 3.63) is 47.4 Å². The summed E-state index contributed by atoms with van der Waals surface area (Å²) in [6, 6.07) is 8.48. The summed E-state index contributed by atoms with van der Waals surface area (Å²) in [4.78, 5) is 8.75. The maximum atomic E-state index is 5.57. The molecule has 1 aliphatic rings. The van der Waals surface area contributed by atoms with Crippen LogP contribution >= 0.6 is 0 Å². The fourth-order valence-electron chi connectivity index (χ4n) is 2.71. The normalized spacial score (nSPS) is 13.2. The van der Waals surface area contributed by atoms with E-state index in [1.54, 1.807) is 6.33 Å². The van der Waals surface area contributed by atoms with Crippen LogP contribution in [0, 0.1) is 0 Å². The molecule has 1 aromatic carbocycles. The Balaban J connectivity index is 1.79. The SMILES string of the molecule is NCCCc1cccc(Nc2ncnc3c2CCC3)c1. The van der Waals surface area contributed by atoms with Gasteiger partial charge in [0.2, 0.25) is 0 Å². The van der Waals surface area contributed by atoms with Gasteiger partial charge in [-0.05, 0) is 56.3 Å². The van der Waals surface area contributed by atoms with Crippen LogP contribution in [0.3, 0.4) is 0 Å². The van der Waals surface area contributed by atoms with Crippen molar-refractivity contribution in [3.8, 4) is 0 Å². The highest BCUT2D eigenvalue weighted by molar-refractivity contribution is 5.61. The Hall–Kier alpha value is -1.94. The van der Waals surface area contributed by atoms with E-state index >= 15 is 0 Å². The monoisotopic (exact) mass is 268 g/mol. The van der Waals surface area contributed by atoms with E-state index in [1.807, 2.05) is 0 Å². The lowest BCUT2D eigenvalue weighted by atomic mass is 10.1. The Morgan fingerprint density at radius 1 is 1.20 bits per heavy atom. The van der Waals surface area contributed by atoms with E-state index in [0.29, 0.717) is 0 Å². The van der Waals surface area contributed by atoms with Crippen molar-refractivity contribution in [1.29, 1.82) is 0 Å². The van der Waals surface area contributed by atoms with E-state index in [1.165, 1.54) is 23.2 Å². The fraction of sp³-hybridized carbons (Fsp3) is 0.375. The number of hydrogen-bond donors (Lipinski definition) is 2. The van der Waals surface area contributed by atoms with Gasteiger partial charge in [-0.15, -0.1) is 0 Å². The first-order valence-electron chi connectivity index (χ1n) is 7.25. The predicted octanol–water partition coefficient (Wildman–Crippen LogP) is 2.60. The molecule has 0 amide bonds. The van der Waals surface area contributed by atoms with Crippen LogP contribution < -0.4 is 11.1 Å². The number of hydrogen-bond acceptors (Lipinski definition) is 4. The summed E-state index contributed by atoms with van der Waals surface area (Å²) >= 11 is 0. The minimum Gasteiger partial charge on any atom is -0.340 e. The third kappa shape index (κ3) is 2.80. The first-order chi connectivity index (χ1) is 9.86. The van der Waals surface area contributed by atoms with Crippen LogP contribution in [-0.2, 0) is 19.3 Å². The predicted molar refractivity (Wildman–Crippen MR) is 81.2 cm³/mol. The van der Waals surface area contributed by atoms with Crippen molar-refractivity contribution in [3.63, 3.8) is 0 Å². The summed E-state index contributed by atoms with van der Waals surface area (Å²) in [5.41, 5.74) is 10.4. The van der Waals surface area contributed by atoms with Gasteiger partial charge < -0.3 is 11.1 Å². The highest BCUT2D eigenvalue weighted by Gasteiger charge is 2.16. The summed E-state index contributed by atoms with van der Waals surface area (Å²) in [5.74, 6) is 0.962. The number of benzene rings is 1. The van der Waals surface area contributed by atoms with Gasteiger partial charge in [-0.1, -0.05) is 12.1 Å². The van der Waals surface area contributed by atoms with Crippen LogP contribution in [0.25, 0.3) is 0 Å². The Labute approximate surface area is 119 Å². The second-order valence-corrected chi connectivity index (χ2v) is 5.22.